The van der Waals surface area contributed by atoms with Crippen LogP contribution in [0.15, 0.2) is 12.1 Å². The summed E-state index contributed by atoms with van der Waals surface area (Å²) in [6.07, 6.45) is 5.08. The monoisotopic (exact) mass is 298 g/mol. The van der Waals surface area contributed by atoms with E-state index < -0.39 is 0 Å². The lowest BCUT2D eigenvalue weighted by Gasteiger charge is -2.11. The highest BCUT2D eigenvalue weighted by Gasteiger charge is 2.15. The molecule has 1 heterocycles. The summed E-state index contributed by atoms with van der Waals surface area (Å²) >= 11 is 5.81. The summed E-state index contributed by atoms with van der Waals surface area (Å²) in [5, 5.41) is 3.00. The van der Waals surface area contributed by atoms with Crippen LogP contribution in [0.3, 0.4) is 0 Å². The van der Waals surface area contributed by atoms with Crippen LogP contribution in [0.5, 0.6) is 0 Å². The van der Waals surface area contributed by atoms with Crippen molar-refractivity contribution in [2.24, 2.45) is 5.84 Å². The fraction of sp³-hybridized carbons (Fsp3) is 0.538. The number of nitrogen functional groups attached to an aromatic ring is 1. The second-order valence-electron chi connectivity index (χ2n) is 4.74. The van der Waals surface area contributed by atoms with E-state index in [1.54, 1.807) is 6.07 Å². The molecule has 1 amide bonds. The van der Waals surface area contributed by atoms with Crippen LogP contribution in [-0.4, -0.2) is 30.1 Å². The molecule has 0 radical (unpaired) electrons. The number of halogens is 1. The van der Waals surface area contributed by atoms with Gasteiger partial charge < -0.3 is 15.5 Å². The summed E-state index contributed by atoms with van der Waals surface area (Å²) < 4.78 is 5.67. The fourth-order valence-corrected chi connectivity index (χ4v) is 2.46. The predicted octanol–water partition coefficient (Wildman–Crippen LogP) is 1.71. The number of ether oxygens (including phenoxy) is 1. The number of hydrazine groups is 1. The Morgan fingerprint density at radius 1 is 1.45 bits per heavy atom. The molecule has 0 saturated heterocycles. The van der Waals surface area contributed by atoms with Gasteiger partial charge >= 0.3 is 0 Å². The van der Waals surface area contributed by atoms with Crippen LogP contribution >= 0.6 is 11.6 Å². The van der Waals surface area contributed by atoms with Crippen LogP contribution < -0.4 is 16.6 Å². The van der Waals surface area contributed by atoms with Crippen LogP contribution in [0, 0.1) is 0 Å². The summed E-state index contributed by atoms with van der Waals surface area (Å²) in [4.78, 5) is 15.8. The van der Waals surface area contributed by atoms with Gasteiger partial charge in [-0.3, -0.25) is 4.79 Å². The largest absolute Gasteiger partial charge is 0.376 e. The van der Waals surface area contributed by atoms with Crippen LogP contribution in [0.25, 0.3) is 0 Å². The number of nitrogens with one attached hydrogen (secondary N) is 2. The Labute approximate surface area is 123 Å². The Kier molecular flexibility index (Phi) is 5.58. The first kappa shape index (κ1) is 15.0. The number of hydrogen-bond donors (Lipinski definition) is 3. The van der Waals surface area contributed by atoms with Gasteiger partial charge in [-0.15, -0.1) is 0 Å². The van der Waals surface area contributed by atoms with Crippen molar-refractivity contribution in [3.8, 4) is 0 Å². The summed E-state index contributed by atoms with van der Waals surface area (Å²) in [6.45, 7) is 0.998. The zero-order chi connectivity index (χ0) is 14.4. The van der Waals surface area contributed by atoms with Gasteiger partial charge in [-0.05, 0) is 25.0 Å². The van der Waals surface area contributed by atoms with E-state index in [1.807, 2.05) is 0 Å². The van der Waals surface area contributed by atoms with E-state index >= 15 is 0 Å². The van der Waals surface area contributed by atoms with Gasteiger partial charge in [-0.2, -0.15) is 0 Å². The topological polar surface area (TPSA) is 89.3 Å². The molecule has 0 aliphatic heterocycles. The molecule has 1 saturated carbocycles. The summed E-state index contributed by atoms with van der Waals surface area (Å²) in [5.74, 6) is 5.39. The molecule has 4 N–H and O–H groups in total. The Hall–Kier alpha value is -1.37. The number of amides is 1. The summed E-state index contributed by atoms with van der Waals surface area (Å²) in [7, 11) is 0. The second kappa shape index (κ2) is 7.42. The number of rotatable bonds is 6. The average Bonchev–Trinajstić information content (AvgIpc) is 2.95. The molecule has 0 bridgehead atoms. The van der Waals surface area contributed by atoms with E-state index in [0.29, 0.717) is 30.6 Å². The molecule has 1 aliphatic carbocycles. The highest BCUT2D eigenvalue weighted by atomic mass is 35.5. The summed E-state index contributed by atoms with van der Waals surface area (Å²) in [5.41, 5.74) is 2.78. The highest BCUT2D eigenvalue weighted by Crippen LogP contribution is 2.20. The Morgan fingerprint density at radius 3 is 2.90 bits per heavy atom. The van der Waals surface area contributed by atoms with E-state index in [-0.39, 0.29) is 11.1 Å². The first-order chi connectivity index (χ1) is 9.69. The van der Waals surface area contributed by atoms with Gasteiger partial charge in [0.1, 0.15) is 11.0 Å². The number of pyridine rings is 1. The number of nitrogens with two attached hydrogens (primary N) is 1. The smallest absolute Gasteiger partial charge is 0.251 e. The van der Waals surface area contributed by atoms with Gasteiger partial charge in [-0.25, -0.2) is 10.8 Å². The normalized spacial score (nSPS) is 15.3. The molecule has 0 spiro atoms. The zero-order valence-electron chi connectivity index (χ0n) is 11.2. The van der Waals surface area contributed by atoms with E-state index in [9.17, 15) is 4.79 Å². The second-order valence-corrected chi connectivity index (χ2v) is 5.13. The van der Waals surface area contributed by atoms with E-state index in [4.69, 9.17) is 22.2 Å². The molecule has 1 aromatic rings. The first-order valence-corrected chi connectivity index (χ1v) is 7.11. The van der Waals surface area contributed by atoms with Crippen molar-refractivity contribution < 1.29 is 9.53 Å². The molecule has 6 nitrogen and oxygen atoms in total. The molecule has 20 heavy (non-hydrogen) atoms. The molecule has 110 valence electrons. The third-order valence-corrected chi connectivity index (χ3v) is 3.44. The molecule has 0 atom stereocenters. The molecule has 1 aromatic heterocycles. The van der Waals surface area contributed by atoms with Crippen molar-refractivity contribution in [3.05, 3.63) is 22.8 Å². The minimum atomic E-state index is -0.221. The van der Waals surface area contributed by atoms with E-state index in [0.717, 1.165) is 12.8 Å². The minimum absolute atomic E-state index is 0.216. The molecule has 2 rings (SSSR count). The third kappa shape index (κ3) is 4.33. The molecule has 0 aromatic carbocycles. The maximum Gasteiger partial charge on any atom is 0.251 e. The molecule has 1 aliphatic rings. The number of anilines is 1. The maximum absolute atomic E-state index is 11.9. The van der Waals surface area contributed by atoms with Crippen molar-refractivity contribution in [1.82, 2.24) is 10.3 Å². The Bertz CT molecular complexity index is 464. The van der Waals surface area contributed by atoms with Gasteiger partial charge in [0, 0.05) is 12.1 Å². The Morgan fingerprint density at radius 2 is 2.20 bits per heavy atom. The molecule has 7 heteroatoms. The summed E-state index contributed by atoms with van der Waals surface area (Å²) in [6, 6.07) is 3.04. The zero-order valence-corrected chi connectivity index (χ0v) is 11.9. The molecular weight excluding hydrogens is 280 g/mol. The van der Waals surface area contributed by atoms with Crippen molar-refractivity contribution >= 4 is 23.3 Å². The number of carbonyl (C=O) groups is 1. The lowest BCUT2D eigenvalue weighted by molar-refractivity contribution is 0.0582. The van der Waals surface area contributed by atoms with Crippen molar-refractivity contribution in [2.45, 2.75) is 31.8 Å². The predicted molar refractivity (Wildman–Crippen MR) is 77.6 cm³/mol. The van der Waals surface area contributed by atoms with Gasteiger partial charge in [0.05, 0.1) is 12.7 Å². The maximum atomic E-state index is 11.9. The number of hydrogen-bond acceptors (Lipinski definition) is 5. The van der Waals surface area contributed by atoms with Gasteiger partial charge in [0.25, 0.3) is 5.91 Å². The minimum Gasteiger partial charge on any atom is -0.376 e. The lowest BCUT2D eigenvalue weighted by atomic mass is 10.2. The van der Waals surface area contributed by atoms with Crippen LogP contribution in [0.1, 0.15) is 36.0 Å². The van der Waals surface area contributed by atoms with Crippen molar-refractivity contribution in [2.75, 3.05) is 18.6 Å². The average molecular weight is 299 g/mol. The van der Waals surface area contributed by atoms with Crippen LogP contribution in [0.2, 0.25) is 5.15 Å². The van der Waals surface area contributed by atoms with E-state index in [1.165, 1.54) is 18.9 Å². The van der Waals surface area contributed by atoms with Crippen LogP contribution in [0.4, 0.5) is 5.82 Å². The molecule has 1 fully saturated rings. The molecule has 0 unspecified atom stereocenters. The van der Waals surface area contributed by atoms with Gasteiger partial charge in [0.2, 0.25) is 0 Å². The van der Waals surface area contributed by atoms with Gasteiger partial charge in [-0.1, -0.05) is 24.4 Å². The fourth-order valence-electron chi connectivity index (χ4n) is 2.25. The lowest BCUT2D eigenvalue weighted by Crippen LogP contribution is -2.28. The van der Waals surface area contributed by atoms with Crippen LogP contribution in [-0.2, 0) is 4.74 Å². The quantitative estimate of drug-likeness (QED) is 0.322. The highest BCUT2D eigenvalue weighted by molar-refractivity contribution is 6.29. The number of carbonyl (C=O) groups excluding carboxylic acids is 1. The SMILES string of the molecule is NNc1cc(C(=O)NCCOC2CCCC2)cc(Cl)n1. The van der Waals surface area contributed by atoms with Crippen molar-refractivity contribution in [1.29, 1.82) is 0 Å². The number of nitrogens with zero attached hydrogens (tertiary/aromatic N) is 1. The van der Waals surface area contributed by atoms with Gasteiger partial charge in [0.15, 0.2) is 0 Å². The van der Waals surface area contributed by atoms with E-state index in [2.05, 4.69) is 15.7 Å². The third-order valence-electron chi connectivity index (χ3n) is 3.25. The Balaban J connectivity index is 1.77. The first-order valence-electron chi connectivity index (χ1n) is 6.73. The molecular formula is C13H19ClN4O2. The number of aromatic nitrogens is 1. The standard InChI is InChI=1S/C13H19ClN4O2/c14-11-7-9(8-12(17-11)18-15)13(19)16-5-6-20-10-3-1-2-4-10/h7-8,10H,1-6,15H2,(H,16,19)(H,17,18). The van der Waals surface area contributed by atoms with Crippen molar-refractivity contribution in [3.63, 3.8) is 0 Å².